The number of aryl methyl sites for hydroxylation is 1. The number of carbonyl (C=O) groups is 2. The molecule has 0 saturated heterocycles. The molecule has 0 aromatic heterocycles. The van der Waals surface area contributed by atoms with E-state index in [1.54, 1.807) is 24.3 Å². The van der Waals surface area contributed by atoms with Crippen molar-refractivity contribution in [1.82, 2.24) is 5.09 Å². The molecule has 0 aliphatic rings. The Morgan fingerprint density at radius 2 is 1.87 bits per heavy atom. The standard InChI is InChI=1S/C14H20NO7P/c1-22-11-4-2-10(3-5-11)8-9-23(20,21)15-12(14(18)19)6-7-13(16)17/h2-5,12H,6-9H2,1H3,(H,16,17)(H,18,19)(H2,15,20,21). The number of aliphatic carboxylic acids is 2. The molecule has 0 radical (unpaired) electrons. The third kappa shape index (κ3) is 7.27. The maximum atomic E-state index is 12.1. The SMILES string of the molecule is COc1ccc(CCP(=O)(O)NC(CCC(=O)O)C(=O)O)cc1. The Morgan fingerprint density at radius 3 is 2.35 bits per heavy atom. The minimum Gasteiger partial charge on any atom is -0.497 e. The Hall–Kier alpha value is -1.89. The molecule has 1 aromatic carbocycles. The van der Waals surface area contributed by atoms with Gasteiger partial charge in [-0.05, 0) is 30.5 Å². The maximum Gasteiger partial charge on any atom is 0.321 e. The van der Waals surface area contributed by atoms with Crippen LogP contribution in [0.5, 0.6) is 5.75 Å². The van der Waals surface area contributed by atoms with E-state index in [-0.39, 0.29) is 19.0 Å². The predicted octanol–water partition coefficient (Wildman–Crippen LogP) is 1.33. The smallest absolute Gasteiger partial charge is 0.321 e. The molecular weight excluding hydrogens is 325 g/mol. The Balaban J connectivity index is 2.59. The van der Waals surface area contributed by atoms with Crippen molar-refractivity contribution in [3.05, 3.63) is 29.8 Å². The zero-order valence-electron chi connectivity index (χ0n) is 12.6. The van der Waals surface area contributed by atoms with Gasteiger partial charge in [-0.3, -0.25) is 14.2 Å². The van der Waals surface area contributed by atoms with Crippen molar-refractivity contribution in [1.29, 1.82) is 0 Å². The summed E-state index contributed by atoms with van der Waals surface area (Å²) in [5.74, 6) is -1.85. The third-order valence-corrected chi connectivity index (χ3v) is 4.71. The molecule has 1 aromatic rings. The molecule has 0 amide bonds. The largest absolute Gasteiger partial charge is 0.497 e. The normalized spacial score (nSPS) is 14.7. The molecule has 2 unspecified atom stereocenters. The Kier molecular flexibility index (Phi) is 7.22. The van der Waals surface area contributed by atoms with Gasteiger partial charge in [-0.15, -0.1) is 0 Å². The van der Waals surface area contributed by atoms with Gasteiger partial charge >= 0.3 is 11.9 Å². The van der Waals surface area contributed by atoms with Crippen molar-refractivity contribution in [2.45, 2.75) is 25.3 Å². The van der Waals surface area contributed by atoms with Crippen molar-refractivity contribution in [2.24, 2.45) is 0 Å². The Morgan fingerprint density at radius 1 is 1.26 bits per heavy atom. The first-order valence-corrected chi connectivity index (χ1v) is 8.75. The van der Waals surface area contributed by atoms with Crippen molar-refractivity contribution >= 4 is 19.5 Å². The average molecular weight is 345 g/mol. The maximum absolute atomic E-state index is 12.1. The number of ether oxygens (including phenoxy) is 1. The van der Waals surface area contributed by atoms with Gasteiger partial charge < -0.3 is 19.8 Å². The first-order valence-electron chi connectivity index (χ1n) is 6.90. The van der Waals surface area contributed by atoms with Gasteiger partial charge in [0.1, 0.15) is 11.8 Å². The van der Waals surface area contributed by atoms with Crippen LogP contribution in [0, 0.1) is 0 Å². The quantitative estimate of drug-likeness (QED) is 0.467. The van der Waals surface area contributed by atoms with Gasteiger partial charge in [-0.2, -0.15) is 0 Å². The molecule has 9 heteroatoms. The summed E-state index contributed by atoms with van der Waals surface area (Å²) < 4.78 is 17.1. The fraction of sp³-hybridized carbons (Fsp3) is 0.429. The molecular formula is C14H20NO7P. The van der Waals surface area contributed by atoms with E-state index in [4.69, 9.17) is 14.9 Å². The number of carboxylic acid groups (broad SMARTS) is 2. The summed E-state index contributed by atoms with van der Waals surface area (Å²) >= 11 is 0. The van der Waals surface area contributed by atoms with Crippen molar-refractivity contribution in [3.63, 3.8) is 0 Å². The minimum atomic E-state index is -3.90. The van der Waals surface area contributed by atoms with Crippen LogP contribution in [0.4, 0.5) is 0 Å². The fourth-order valence-corrected chi connectivity index (χ4v) is 3.31. The Labute approximate surface area is 133 Å². The fourth-order valence-electron chi connectivity index (χ4n) is 1.89. The number of hydrogen-bond donors (Lipinski definition) is 4. The van der Waals surface area contributed by atoms with E-state index in [2.05, 4.69) is 5.09 Å². The second-order valence-corrected chi connectivity index (χ2v) is 7.08. The number of methoxy groups -OCH3 is 1. The molecule has 0 heterocycles. The number of benzene rings is 1. The van der Waals surface area contributed by atoms with E-state index >= 15 is 0 Å². The average Bonchev–Trinajstić information content (AvgIpc) is 2.49. The van der Waals surface area contributed by atoms with Gasteiger partial charge in [0.25, 0.3) is 7.52 Å². The summed E-state index contributed by atoms with van der Waals surface area (Å²) in [5, 5.41) is 19.7. The van der Waals surface area contributed by atoms with Crippen molar-refractivity contribution < 1.29 is 34.0 Å². The molecule has 1 rings (SSSR count). The number of hydrogen-bond acceptors (Lipinski definition) is 4. The predicted molar refractivity (Wildman–Crippen MR) is 82.8 cm³/mol. The van der Waals surface area contributed by atoms with E-state index in [1.807, 2.05) is 0 Å². The molecule has 4 N–H and O–H groups in total. The van der Waals surface area contributed by atoms with Gasteiger partial charge in [0.15, 0.2) is 0 Å². The topological polar surface area (TPSA) is 133 Å². The van der Waals surface area contributed by atoms with Gasteiger partial charge in [-0.25, -0.2) is 5.09 Å². The molecule has 0 bridgehead atoms. The highest BCUT2D eigenvalue weighted by Gasteiger charge is 2.27. The number of nitrogens with one attached hydrogen (secondary N) is 1. The van der Waals surface area contributed by atoms with Crippen LogP contribution in [0.3, 0.4) is 0 Å². The molecule has 2 atom stereocenters. The molecule has 0 spiro atoms. The lowest BCUT2D eigenvalue weighted by atomic mass is 10.2. The summed E-state index contributed by atoms with van der Waals surface area (Å²) in [6, 6.07) is 5.56. The van der Waals surface area contributed by atoms with Crippen LogP contribution in [-0.4, -0.2) is 46.4 Å². The van der Waals surface area contributed by atoms with Crippen LogP contribution in [0.15, 0.2) is 24.3 Å². The lowest BCUT2D eigenvalue weighted by Gasteiger charge is -2.18. The number of rotatable bonds is 10. The van der Waals surface area contributed by atoms with Gasteiger partial charge in [0.05, 0.1) is 7.11 Å². The lowest BCUT2D eigenvalue weighted by Crippen LogP contribution is -2.35. The summed E-state index contributed by atoms with van der Waals surface area (Å²) in [6.45, 7) is 0. The Bertz CT molecular complexity index is 587. The van der Waals surface area contributed by atoms with Crippen LogP contribution in [0.1, 0.15) is 18.4 Å². The molecule has 8 nitrogen and oxygen atoms in total. The molecule has 0 saturated carbocycles. The van der Waals surface area contributed by atoms with Gasteiger partial charge in [0.2, 0.25) is 0 Å². The van der Waals surface area contributed by atoms with Crippen LogP contribution in [0.25, 0.3) is 0 Å². The summed E-state index contributed by atoms with van der Waals surface area (Å²) in [7, 11) is -2.37. The second-order valence-electron chi connectivity index (χ2n) is 4.98. The highest BCUT2D eigenvalue weighted by molar-refractivity contribution is 7.55. The zero-order chi connectivity index (χ0) is 17.5. The second kappa shape index (κ2) is 8.67. The highest BCUT2D eigenvalue weighted by atomic mass is 31.2. The monoisotopic (exact) mass is 345 g/mol. The molecule has 23 heavy (non-hydrogen) atoms. The summed E-state index contributed by atoms with van der Waals surface area (Å²) in [6.07, 6.45) is -0.549. The van der Waals surface area contributed by atoms with E-state index in [0.717, 1.165) is 5.56 Å². The minimum absolute atomic E-state index is 0.157. The highest BCUT2D eigenvalue weighted by Crippen LogP contribution is 2.37. The van der Waals surface area contributed by atoms with Crippen LogP contribution < -0.4 is 9.82 Å². The molecule has 128 valence electrons. The zero-order valence-corrected chi connectivity index (χ0v) is 13.5. The van der Waals surface area contributed by atoms with Gasteiger partial charge in [-0.1, -0.05) is 12.1 Å². The van der Waals surface area contributed by atoms with Crippen LogP contribution >= 0.6 is 7.52 Å². The molecule has 0 fully saturated rings. The molecule has 0 aliphatic carbocycles. The molecule has 0 aliphatic heterocycles. The lowest BCUT2D eigenvalue weighted by molar-refractivity contribution is -0.140. The first-order chi connectivity index (χ1) is 10.7. The third-order valence-electron chi connectivity index (χ3n) is 3.17. The first kappa shape index (κ1) is 19.2. The van der Waals surface area contributed by atoms with Crippen molar-refractivity contribution in [3.8, 4) is 5.75 Å². The van der Waals surface area contributed by atoms with E-state index in [1.165, 1.54) is 7.11 Å². The summed E-state index contributed by atoms with van der Waals surface area (Å²) in [5.41, 5.74) is 0.805. The van der Waals surface area contributed by atoms with Crippen LogP contribution in [-0.2, 0) is 20.6 Å². The van der Waals surface area contributed by atoms with E-state index in [9.17, 15) is 19.0 Å². The van der Waals surface area contributed by atoms with Crippen LogP contribution in [0.2, 0.25) is 0 Å². The van der Waals surface area contributed by atoms with E-state index < -0.39 is 31.9 Å². The van der Waals surface area contributed by atoms with Gasteiger partial charge in [0, 0.05) is 12.6 Å². The number of carboxylic acids is 2. The van der Waals surface area contributed by atoms with Crippen molar-refractivity contribution in [2.75, 3.05) is 13.3 Å². The summed E-state index contributed by atoms with van der Waals surface area (Å²) in [4.78, 5) is 31.4. The van der Waals surface area contributed by atoms with E-state index in [0.29, 0.717) is 5.75 Å².